The topological polar surface area (TPSA) is 67.6 Å². The SMILES string of the molecule is N#Cc1cccc2c1nc(N)n2-c1ccc(F)cc1I. The second-order valence-corrected chi connectivity index (χ2v) is 5.35. The summed E-state index contributed by atoms with van der Waals surface area (Å²) in [5.41, 5.74) is 8.44. The predicted molar refractivity (Wildman–Crippen MR) is 82.9 cm³/mol. The highest BCUT2D eigenvalue weighted by Crippen LogP contribution is 2.28. The monoisotopic (exact) mass is 378 g/mol. The number of fused-ring (bicyclic) bond motifs is 1. The van der Waals surface area contributed by atoms with E-state index in [0.29, 0.717) is 11.1 Å². The molecule has 98 valence electrons. The van der Waals surface area contributed by atoms with Crippen molar-refractivity contribution in [3.05, 3.63) is 51.3 Å². The Kier molecular flexibility index (Phi) is 3.06. The Labute approximate surface area is 127 Å². The van der Waals surface area contributed by atoms with Crippen LogP contribution in [0.15, 0.2) is 36.4 Å². The molecule has 1 heterocycles. The molecule has 0 atom stereocenters. The maximum Gasteiger partial charge on any atom is 0.206 e. The molecule has 0 unspecified atom stereocenters. The molecule has 2 aromatic carbocycles. The van der Waals surface area contributed by atoms with Gasteiger partial charge in [-0.15, -0.1) is 0 Å². The molecule has 3 aromatic rings. The first-order valence-corrected chi connectivity index (χ1v) is 6.82. The van der Waals surface area contributed by atoms with Gasteiger partial charge >= 0.3 is 0 Å². The minimum absolute atomic E-state index is 0.271. The van der Waals surface area contributed by atoms with E-state index >= 15 is 0 Å². The number of aromatic nitrogens is 2. The molecule has 0 radical (unpaired) electrons. The number of nitrogen functional groups attached to an aromatic ring is 1. The number of imidazole rings is 1. The molecule has 4 nitrogen and oxygen atoms in total. The smallest absolute Gasteiger partial charge is 0.206 e. The summed E-state index contributed by atoms with van der Waals surface area (Å²) in [5.74, 6) is -0.0360. The third kappa shape index (κ3) is 1.91. The van der Waals surface area contributed by atoms with Crippen LogP contribution in [0.4, 0.5) is 10.3 Å². The molecular formula is C14H8FIN4. The number of nitrogens with two attached hydrogens (primary N) is 1. The molecule has 0 spiro atoms. The fourth-order valence-corrected chi connectivity index (χ4v) is 2.84. The van der Waals surface area contributed by atoms with E-state index in [1.807, 2.05) is 28.7 Å². The third-order valence-electron chi connectivity index (χ3n) is 2.98. The summed E-state index contributed by atoms with van der Waals surface area (Å²) in [6.45, 7) is 0. The molecule has 0 saturated carbocycles. The van der Waals surface area contributed by atoms with Crippen molar-refractivity contribution in [1.29, 1.82) is 5.26 Å². The Morgan fingerprint density at radius 1 is 1.30 bits per heavy atom. The normalized spacial score (nSPS) is 10.7. The average Bonchev–Trinajstić information content (AvgIpc) is 2.75. The van der Waals surface area contributed by atoms with Crippen molar-refractivity contribution in [3.63, 3.8) is 0 Å². The van der Waals surface area contributed by atoms with Crippen LogP contribution in [-0.2, 0) is 0 Å². The van der Waals surface area contributed by atoms with Gasteiger partial charge in [0.2, 0.25) is 5.95 Å². The number of para-hydroxylation sites is 1. The maximum absolute atomic E-state index is 13.2. The summed E-state index contributed by atoms with van der Waals surface area (Å²) in [5, 5.41) is 9.11. The molecule has 0 aliphatic heterocycles. The molecule has 20 heavy (non-hydrogen) atoms. The number of hydrogen-bond acceptors (Lipinski definition) is 3. The Morgan fingerprint density at radius 2 is 2.10 bits per heavy atom. The number of nitrogens with zero attached hydrogens (tertiary/aromatic N) is 3. The van der Waals surface area contributed by atoms with Gasteiger partial charge in [-0.3, -0.25) is 4.57 Å². The molecule has 2 N–H and O–H groups in total. The lowest BCUT2D eigenvalue weighted by molar-refractivity contribution is 0.626. The molecule has 0 aliphatic carbocycles. The number of hydrogen-bond donors (Lipinski definition) is 1. The van der Waals surface area contributed by atoms with E-state index < -0.39 is 0 Å². The van der Waals surface area contributed by atoms with Crippen LogP contribution in [0, 0.1) is 20.7 Å². The zero-order valence-corrected chi connectivity index (χ0v) is 12.3. The highest BCUT2D eigenvalue weighted by Gasteiger charge is 2.14. The Hall–Kier alpha value is -2.14. The summed E-state index contributed by atoms with van der Waals surface area (Å²) in [7, 11) is 0. The second-order valence-electron chi connectivity index (χ2n) is 4.19. The Balaban J connectivity index is 2.37. The summed E-state index contributed by atoms with van der Waals surface area (Å²) in [4.78, 5) is 4.24. The largest absolute Gasteiger partial charge is 0.369 e. The van der Waals surface area contributed by atoms with Gasteiger partial charge in [0.25, 0.3) is 0 Å². The van der Waals surface area contributed by atoms with Crippen molar-refractivity contribution in [2.24, 2.45) is 0 Å². The number of nitriles is 1. The van der Waals surface area contributed by atoms with Crippen molar-refractivity contribution < 1.29 is 4.39 Å². The molecule has 0 saturated heterocycles. The van der Waals surface area contributed by atoms with Gasteiger partial charge in [-0.05, 0) is 52.9 Å². The zero-order chi connectivity index (χ0) is 14.3. The van der Waals surface area contributed by atoms with E-state index in [0.717, 1.165) is 14.8 Å². The first kappa shape index (κ1) is 12.9. The van der Waals surface area contributed by atoms with Crippen LogP contribution in [0.5, 0.6) is 0 Å². The highest BCUT2D eigenvalue weighted by atomic mass is 127. The van der Waals surface area contributed by atoms with Gasteiger partial charge in [0.05, 0.1) is 16.8 Å². The Morgan fingerprint density at radius 3 is 2.80 bits per heavy atom. The van der Waals surface area contributed by atoms with Crippen LogP contribution in [-0.4, -0.2) is 9.55 Å². The third-order valence-corrected chi connectivity index (χ3v) is 3.85. The highest BCUT2D eigenvalue weighted by molar-refractivity contribution is 14.1. The van der Waals surface area contributed by atoms with Gasteiger partial charge in [-0.1, -0.05) is 6.07 Å². The lowest BCUT2D eigenvalue weighted by Gasteiger charge is -2.09. The van der Waals surface area contributed by atoms with Crippen molar-refractivity contribution in [2.75, 3.05) is 5.73 Å². The summed E-state index contributed by atoms with van der Waals surface area (Å²) in [6, 6.07) is 11.8. The standard InChI is InChI=1S/C14H8FIN4/c15-9-4-5-11(10(16)6-9)20-12-3-1-2-8(7-17)13(12)19-14(20)18/h1-6H,(H2,18,19). The minimum atomic E-state index is -0.307. The van der Waals surface area contributed by atoms with Gasteiger partial charge in [-0.2, -0.15) is 5.26 Å². The van der Waals surface area contributed by atoms with Crippen molar-refractivity contribution in [3.8, 4) is 11.8 Å². The van der Waals surface area contributed by atoms with Crippen LogP contribution in [0.1, 0.15) is 5.56 Å². The summed E-state index contributed by atoms with van der Waals surface area (Å²) in [6.07, 6.45) is 0. The number of anilines is 1. The van der Waals surface area contributed by atoms with Gasteiger partial charge in [0.1, 0.15) is 17.4 Å². The molecule has 0 bridgehead atoms. The molecule has 3 rings (SSSR count). The van der Waals surface area contributed by atoms with Crippen LogP contribution in [0.3, 0.4) is 0 Å². The predicted octanol–water partition coefficient (Wildman–Crippen LogP) is 3.22. The van der Waals surface area contributed by atoms with E-state index in [1.165, 1.54) is 12.1 Å². The van der Waals surface area contributed by atoms with Gasteiger partial charge < -0.3 is 5.73 Å². The van der Waals surface area contributed by atoms with Crippen molar-refractivity contribution >= 4 is 39.6 Å². The van der Waals surface area contributed by atoms with Crippen LogP contribution >= 0.6 is 22.6 Å². The number of rotatable bonds is 1. The second kappa shape index (κ2) is 4.76. The summed E-state index contributed by atoms with van der Waals surface area (Å²) < 4.78 is 15.7. The lowest BCUT2D eigenvalue weighted by Crippen LogP contribution is -2.02. The molecule has 0 aliphatic rings. The number of benzene rings is 2. The fourth-order valence-electron chi connectivity index (χ4n) is 2.12. The van der Waals surface area contributed by atoms with Gasteiger partial charge in [-0.25, -0.2) is 9.37 Å². The molecule has 1 aromatic heterocycles. The van der Waals surface area contributed by atoms with Crippen LogP contribution < -0.4 is 5.73 Å². The fraction of sp³-hybridized carbons (Fsp3) is 0. The molecule has 0 fully saturated rings. The first-order chi connectivity index (χ1) is 9.61. The van der Waals surface area contributed by atoms with Crippen molar-refractivity contribution in [2.45, 2.75) is 0 Å². The molecule has 6 heteroatoms. The van der Waals surface area contributed by atoms with E-state index in [4.69, 9.17) is 11.0 Å². The quantitative estimate of drug-likeness (QED) is 0.662. The maximum atomic E-state index is 13.2. The molecular weight excluding hydrogens is 370 g/mol. The zero-order valence-electron chi connectivity index (χ0n) is 10.1. The Bertz CT molecular complexity index is 863. The van der Waals surface area contributed by atoms with Crippen LogP contribution in [0.2, 0.25) is 0 Å². The average molecular weight is 378 g/mol. The van der Waals surface area contributed by atoms with Crippen LogP contribution in [0.25, 0.3) is 16.7 Å². The molecule has 0 amide bonds. The van der Waals surface area contributed by atoms with E-state index in [1.54, 1.807) is 22.8 Å². The van der Waals surface area contributed by atoms with Gasteiger partial charge in [0, 0.05) is 3.57 Å². The summed E-state index contributed by atoms with van der Waals surface area (Å²) >= 11 is 2.05. The van der Waals surface area contributed by atoms with E-state index in [-0.39, 0.29) is 11.8 Å². The lowest BCUT2D eigenvalue weighted by atomic mass is 10.2. The van der Waals surface area contributed by atoms with Gasteiger partial charge in [0.15, 0.2) is 0 Å². The first-order valence-electron chi connectivity index (χ1n) is 5.74. The van der Waals surface area contributed by atoms with E-state index in [2.05, 4.69) is 11.1 Å². The van der Waals surface area contributed by atoms with E-state index in [9.17, 15) is 4.39 Å². The van der Waals surface area contributed by atoms with Crippen molar-refractivity contribution in [1.82, 2.24) is 9.55 Å². The number of halogens is 2. The minimum Gasteiger partial charge on any atom is -0.369 e.